The molecule has 2 aromatic heterocycles. The summed E-state index contributed by atoms with van der Waals surface area (Å²) < 4.78 is 2.44. The van der Waals surface area contributed by atoms with Gasteiger partial charge in [0.1, 0.15) is 11.0 Å². The van der Waals surface area contributed by atoms with E-state index >= 15 is 0 Å². The summed E-state index contributed by atoms with van der Waals surface area (Å²) in [5, 5.41) is 0.400. The quantitative estimate of drug-likeness (QED) is 0.867. The molecule has 6 heteroatoms. The molecule has 1 aliphatic rings. The van der Waals surface area contributed by atoms with Crippen molar-refractivity contribution in [2.75, 3.05) is 23.7 Å². The highest BCUT2D eigenvalue weighted by Gasteiger charge is 2.23. The molecule has 0 atom stereocenters. The van der Waals surface area contributed by atoms with Crippen LogP contribution in [-0.2, 0) is 0 Å². The molecule has 0 radical (unpaired) electrons. The van der Waals surface area contributed by atoms with Gasteiger partial charge in [0.05, 0.1) is 0 Å². The summed E-state index contributed by atoms with van der Waals surface area (Å²) in [6.45, 7) is 6.25. The molecule has 0 spiro atoms. The van der Waals surface area contributed by atoms with Crippen molar-refractivity contribution in [2.24, 2.45) is 0 Å². The van der Waals surface area contributed by atoms with Crippen molar-refractivity contribution in [2.45, 2.75) is 32.7 Å². The maximum Gasteiger partial charge on any atom is 0.223 e. The highest BCUT2D eigenvalue weighted by Crippen LogP contribution is 2.29. The number of hydrogen-bond donors (Lipinski definition) is 1. The van der Waals surface area contributed by atoms with Gasteiger partial charge in [-0.3, -0.25) is 0 Å². The van der Waals surface area contributed by atoms with Crippen LogP contribution in [0, 0.1) is 13.8 Å². The predicted octanol–water partition coefficient (Wildman–Crippen LogP) is 2.97. The van der Waals surface area contributed by atoms with E-state index < -0.39 is 0 Å². The lowest BCUT2D eigenvalue weighted by atomic mass is 10.0. The Morgan fingerprint density at radius 3 is 2.33 bits per heavy atom. The minimum absolute atomic E-state index is 0.233. The van der Waals surface area contributed by atoms with E-state index in [2.05, 4.69) is 45.4 Å². The molecule has 2 N–H and O–H groups in total. The van der Waals surface area contributed by atoms with Crippen LogP contribution >= 0.6 is 11.6 Å². The molecule has 5 nitrogen and oxygen atoms in total. The van der Waals surface area contributed by atoms with Gasteiger partial charge in [0, 0.05) is 36.6 Å². The second kappa shape index (κ2) is 5.56. The van der Waals surface area contributed by atoms with Gasteiger partial charge >= 0.3 is 0 Å². The maximum absolute atomic E-state index is 5.96. The Balaban J connectivity index is 1.73. The van der Waals surface area contributed by atoms with Crippen molar-refractivity contribution in [1.29, 1.82) is 0 Å². The maximum atomic E-state index is 5.96. The second-order valence-electron chi connectivity index (χ2n) is 5.61. The average Bonchev–Trinajstić information content (AvgIpc) is 2.77. The van der Waals surface area contributed by atoms with Crippen molar-refractivity contribution in [1.82, 2.24) is 14.5 Å². The van der Waals surface area contributed by atoms with E-state index in [1.54, 1.807) is 6.07 Å². The van der Waals surface area contributed by atoms with Crippen molar-refractivity contribution in [3.63, 3.8) is 0 Å². The third kappa shape index (κ3) is 2.83. The van der Waals surface area contributed by atoms with Gasteiger partial charge in [0.15, 0.2) is 0 Å². The molecule has 1 aliphatic heterocycles. The van der Waals surface area contributed by atoms with Gasteiger partial charge in [0.2, 0.25) is 5.95 Å². The topological polar surface area (TPSA) is 60.0 Å². The molecule has 0 aliphatic carbocycles. The molecule has 1 fully saturated rings. The van der Waals surface area contributed by atoms with E-state index in [9.17, 15) is 0 Å². The van der Waals surface area contributed by atoms with Crippen molar-refractivity contribution < 1.29 is 0 Å². The van der Waals surface area contributed by atoms with Crippen LogP contribution in [0.4, 0.5) is 11.8 Å². The molecule has 0 saturated carbocycles. The van der Waals surface area contributed by atoms with E-state index in [0.29, 0.717) is 11.2 Å². The first-order valence-corrected chi connectivity index (χ1v) is 7.62. The molecule has 3 heterocycles. The first-order valence-electron chi connectivity index (χ1n) is 7.24. The summed E-state index contributed by atoms with van der Waals surface area (Å²) in [5.41, 5.74) is 8.34. The minimum atomic E-state index is 0.233. The third-order valence-electron chi connectivity index (χ3n) is 4.18. The first-order chi connectivity index (χ1) is 10.0. The zero-order valence-electron chi connectivity index (χ0n) is 12.4. The number of hydrogen-bond acceptors (Lipinski definition) is 4. The Morgan fingerprint density at radius 2 is 1.76 bits per heavy atom. The number of nitrogens with two attached hydrogens (primary N) is 1. The fourth-order valence-corrected chi connectivity index (χ4v) is 3.38. The molecule has 1 saturated heterocycles. The second-order valence-corrected chi connectivity index (χ2v) is 6.00. The van der Waals surface area contributed by atoms with E-state index in [0.717, 1.165) is 31.7 Å². The van der Waals surface area contributed by atoms with Gasteiger partial charge in [0.25, 0.3) is 0 Å². The number of nitrogens with zero attached hydrogens (tertiary/aromatic N) is 4. The van der Waals surface area contributed by atoms with Gasteiger partial charge < -0.3 is 15.2 Å². The molecule has 112 valence electrons. The fraction of sp³-hybridized carbons (Fsp3) is 0.467. The summed E-state index contributed by atoms with van der Waals surface area (Å²) in [5.74, 6) is 1.06. The lowest BCUT2D eigenvalue weighted by Crippen LogP contribution is -2.35. The van der Waals surface area contributed by atoms with Crippen LogP contribution < -0.4 is 10.6 Å². The molecular weight excluding hydrogens is 286 g/mol. The number of aryl methyl sites for hydroxylation is 2. The highest BCUT2D eigenvalue weighted by molar-refractivity contribution is 6.29. The van der Waals surface area contributed by atoms with Crippen LogP contribution in [0.1, 0.15) is 30.3 Å². The molecule has 0 aromatic carbocycles. The Kier molecular flexibility index (Phi) is 3.76. The van der Waals surface area contributed by atoms with Crippen LogP contribution in [0.3, 0.4) is 0 Å². The average molecular weight is 306 g/mol. The third-order valence-corrected chi connectivity index (χ3v) is 4.37. The SMILES string of the molecule is Cc1ccc(C)n1C1CCN(c2cc(Cl)nc(N)n2)CC1. The largest absolute Gasteiger partial charge is 0.368 e. The Labute approximate surface area is 129 Å². The number of halogens is 1. The number of rotatable bonds is 2. The summed E-state index contributed by atoms with van der Waals surface area (Å²) in [4.78, 5) is 10.4. The zero-order chi connectivity index (χ0) is 15.0. The van der Waals surface area contributed by atoms with E-state index in [1.165, 1.54) is 11.4 Å². The normalized spacial score (nSPS) is 16.4. The van der Waals surface area contributed by atoms with Gasteiger partial charge in [-0.2, -0.15) is 4.98 Å². The molecule has 3 rings (SSSR count). The van der Waals surface area contributed by atoms with E-state index in [4.69, 9.17) is 17.3 Å². The van der Waals surface area contributed by atoms with Crippen LogP contribution in [0.2, 0.25) is 5.15 Å². The zero-order valence-corrected chi connectivity index (χ0v) is 13.1. The van der Waals surface area contributed by atoms with Gasteiger partial charge in [-0.25, -0.2) is 4.98 Å². The number of nitrogen functional groups attached to an aromatic ring is 1. The summed E-state index contributed by atoms with van der Waals surface area (Å²) >= 11 is 5.96. The molecule has 0 bridgehead atoms. The van der Waals surface area contributed by atoms with E-state index in [-0.39, 0.29) is 5.95 Å². The standard InChI is InChI=1S/C15H20ClN5/c1-10-3-4-11(2)21(10)12-5-7-20(8-6-12)14-9-13(16)18-15(17)19-14/h3-4,9,12H,5-8H2,1-2H3,(H2,17,18,19). The van der Waals surface area contributed by atoms with Crippen molar-refractivity contribution in [3.8, 4) is 0 Å². The van der Waals surface area contributed by atoms with Gasteiger partial charge in [-0.05, 0) is 38.8 Å². The molecule has 0 amide bonds. The Morgan fingerprint density at radius 1 is 1.14 bits per heavy atom. The van der Waals surface area contributed by atoms with Gasteiger partial charge in [-0.15, -0.1) is 0 Å². The van der Waals surface area contributed by atoms with E-state index in [1.807, 2.05) is 0 Å². The predicted molar refractivity (Wildman–Crippen MR) is 85.8 cm³/mol. The monoisotopic (exact) mass is 305 g/mol. The van der Waals surface area contributed by atoms with Crippen molar-refractivity contribution in [3.05, 3.63) is 34.7 Å². The summed E-state index contributed by atoms with van der Waals surface area (Å²) in [7, 11) is 0. The molecular formula is C15H20ClN5. The smallest absolute Gasteiger partial charge is 0.223 e. The van der Waals surface area contributed by atoms with Gasteiger partial charge in [-0.1, -0.05) is 11.6 Å². The lowest BCUT2D eigenvalue weighted by Gasteiger charge is -2.34. The molecule has 0 unspecified atom stereocenters. The minimum Gasteiger partial charge on any atom is -0.368 e. The molecule has 21 heavy (non-hydrogen) atoms. The fourth-order valence-electron chi connectivity index (χ4n) is 3.19. The highest BCUT2D eigenvalue weighted by atomic mass is 35.5. The van der Waals surface area contributed by atoms with Crippen LogP contribution in [-0.4, -0.2) is 27.6 Å². The molecule has 2 aromatic rings. The number of anilines is 2. The lowest BCUT2D eigenvalue weighted by molar-refractivity contribution is 0.385. The Bertz CT molecular complexity index is 604. The van der Waals surface area contributed by atoms with Crippen LogP contribution in [0.15, 0.2) is 18.2 Å². The Hall–Kier alpha value is -1.75. The van der Waals surface area contributed by atoms with Crippen LogP contribution in [0.25, 0.3) is 0 Å². The van der Waals surface area contributed by atoms with Crippen LogP contribution in [0.5, 0.6) is 0 Å². The van der Waals surface area contributed by atoms with Crippen molar-refractivity contribution >= 4 is 23.4 Å². The number of aromatic nitrogens is 3. The number of piperidine rings is 1. The summed E-state index contributed by atoms with van der Waals surface area (Å²) in [6, 6.07) is 6.72. The first kappa shape index (κ1) is 14.2. The summed E-state index contributed by atoms with van der Waals surface area (Å²) in [6.07, 6.45) is 2.19.